The zero-order valence-corrected chi connectivity index (χ0v) is 10.4. The highest BCUT2D eigenvalue weighted by Crippen LogP contribution is 2.27. The van der Waals surface area contributed by atoms with E-state index in [1.807, 2.05) is 18.2 Å². The third kappa shape index (κ3) is 2.80. The van der Waals surface area contributed by atoms with Crippen molar-refractivity contribution in [3.05, 3.63) is 59.4 Å². The van der Waals surface area contributed by atoms with E-state index in [0.717, 1.165) is 0 Å². The van der Waals surface area contributed by atoms with Crippen LogP contribution in [0.2, 0.25) is 0 Å². The van der Waals surface area contributed by atoms with Crippen LogP contribution in [0.15, 0.2) is 47.4 Å². The maximum Gasteiger partial charge on any atom is 0.150 e. The van der Waals surface area contributed by atoms with Gasteiger partial charge in [-0.15, -0.1) is 11.8 Å². The SMILES string of the molecule is Cc1ccccc1SCc1cccc(N)c1F. The summed E-state index contributed by atoms with van der Waals surface area (Å²) in [6.45, 7) is 2.05. The van der Waals surface area contributed by atoms with Crippen molar-refractivity contribution in [1.82, 2.24) is 0 Å². The number of rotatable bonds is 3. The molecule has 0 atom stereocenters. The maximum absolute atomic E-state index is 13.7. The zero-order chi connectivity index (χ0) is 12.3. The highest BCUT2D eigenvalue weighted by molar-refractivity contribution is 7.98. The van der Waals surface area contributed by atoms with Gasteiger partial charge in [-0.3, -0.25) is 0 Å². The first kappa shape index (κ1) is 12.0. The first-order valence-corrected chi connectivity index (χ1v) is 6.38. The van der Waals surface area contributed by atoms with E-state index in [0.29, 0.717) is 11.3 Å². The van der Waals surface area contributed by atoms with E-state index >= 15 is 0 Å². The Bertz CT molecular complexity index is 525. The Labute approximate surface area is 105 Å². The molecule has 0 aliphatic rings. The number of anilines is 1. The molecule has 2 aromatic carbocycles. The van der Waals surface area contributed by atoms with Gasteiger partial charge in [0, 0.05) is 16.2 Å². The first-order valence-electron chi connectivity index (χ1n) is 5.40. The number of nitrogens with two attached hydrogens (primary N) is 1. The van der Waals surface area contributed by atoms with E-state index in [-0.39, 0.29) is 11.5 Å². The quantitative estimate of drug-likeness (QED) is 0.655. The highest BCUT2D eigenvalue weighted by atomic mass is 32.2. The molecule has 2 N–H and O–H groups in total. The third-order valence-corrected chi connectivity index (χ3v) is 3.81. The van der Waals surface area contributed by atoms with E-state index in [2.05, 4.69) is 13.0 Å². The van der Waals surface area contributed by atoms with E-state index in [1.54, 1.807) is 30.0 Å². The van der Waals surface area contributed by atoms with Gasteiger partial charge in [0.15, 0.2) is 0 Å². The minimum Gasteiger partial charge on any atom is -0.396 e. The smallest absolute Gasteiger partial charge is 0.150 e. The molecule has 0 saturated carbocycles. The van der Waals surface area contributed by atoms with E-state index in [1.165, 1.54) is 10.5 Å². The summed E-state index contributed by atoms with van der Waals surface area (Å²) < 4.78 is 13.7. The largest absolute Gasteiger partial charge is 0.396 e. The molecule has 88 valence electrons. The monoisotopic (exact) mass is 247 g/mol. The van der Waals surface area contributed by atoms with Gasteiger partial charge in [0.1, 0.15) is 5.82 Å². The van der Waals surface area contributed by atoms with Gasteiger partial charge >= 0.3 is 0 Å². The van der Waals surface area contributed by atoms with E-state index < -0.39 is 0 Å². The first-order chi connectivity index (χ1) is 8.18. The van der Waals surface area contributed by atoms with E-state index in [4.69, 9.17) is 5.73 Å². The van der Waals surface area contributed by atoms with Crippen LogP contribution in [0.4, 0.5) is 10.1 Å². The second kappa shape index (κ2) is 5.23. The molecule has 0 spiro atoms. The van der Waals surface area contributed by atoms with Crippen molar-refractivity contribution < 1.29 is 4.39 Å². The molecular weight excluding hydrogens is 233 g/mol. The predicted molar refractivity (Wildman–Crippen MR) is 71.6 cm³/mol. The summed E-state index contributed by atoms with van der Waals surface area (Å²) in [5.74, 6) is 0.301. The van der Waals surface area contributed by atoms with Crippen molar-refractivity contribution in [2.75, 3.05) is 5.73 Å². The third-order valence-electron chi connectivity index (χ3n) is 2.59. The molecule has 0 unspecified atom stereocenters. The number of benzene rings is 2. The van der Waals surface area contributed by atoms with E-state index in [9.17, 15) is 4.39 Å². The van der Waals surface area contributed by atoms with Crippen molar-refractivity contribution in [1.29, 1.82) is 0 Å². The fourth-order valence-electron chi connectivity index (χ4n) is 1.59. The topological polar surface area (TPSA) is 26.0 Å². The Balaban J connectivity index is 2.13. The summed E-state index contributed by atoms with van der Waals surface area (Å²) in [7, 11) is 0. The van der Waals surface area contributed by atoms with Gasteiger partial charge in [0.05, 0.1) is 5.69 Å². The minimum atomic E-state index is -0.298. The summed E-state index contributed by atoms with van der Waals surface area (Å²) in [6, 6.07) is 13.2. The second-order valence-electron chi connectivity index (χ2n) is 3.87. The molecule has 0 radical (unpaired) electrons. The molecule has 2 rings (SSSR count). The Morgan fingerprint density at radius 3 is 2.65 bits per heavy atom. The lowest BCUT2D eigenvalue weighted by atomic mass is 10.2. The predicted octanol–water partition coefficient (Wildman–Crippen LogP) is 4.01. The fraction of sp³-hybridized carbons (Fsp3) is 0.143. The minimum absolute atomic E-state index is 0.216. The Hall–Kier alpha value is -1.48. The molecule has 0 aliphatic carbocycles. The van der Waals surface area contributed by atoms with Gasteiger partial charge in [0.2, 0.25) is 0 Å². The molecule has 0 amide bonds. The molecule has 17 heavy (non-hydrogen) atoms. The highest BCUT2D eigenvalue weighted by Gasteiger charge is 2.06. The number of nitrogen functional groups attached to an aromatic ring is 1. The summed E-state index contributed by atoms with van der Waals surface area (Å²) in [4.78, 5) is 1.18. The normalized spacial score (nSPS) is 10.5. The molecule has 1 nitrogen and oxygen atoms in total. The van der Waals surface area contributed by atoms with Crippen LogP contribution in [-0.4, -0.2) is 0 Å². The van der Waals surface area contributed by atoms with Crippen LogP contribution in [-0.2, 0) is 5.75 Å². The Morgan fingerprint density at radius 1 is 1.12 bits per heavy atom. The molecule has 0 aromatic heterocycles. The number of hydrogen-bond acceptors (Lipinski definition) is 2. The number of hydrogen-bond donors (Lipinski definition) is 1. The number of halogens is 1. The number of thioether (sulfide) groups is 1. The van der Waals surface area contributed by atoms with Crippen LogP contribution in [0.25, 0.3) is 0 Å². The van der Waals surface area contributed by atoms with Gasteiger partial charge in [-0.2, -0.15) is 0 Å². The van der Waals surface area contributed by atoms with Crippen LogP contribution in [0, 0.1) is 12.7 Å². The number of aryl methyl sites for hydroxylation is 1. The van der Waals surface area contributed by atoms with Gasteiger partial charge in [0.25, 0.3) is 0 Å². The molecule has 3 heteroatoms. The fourth-order valence-corrected chi connectivity index (χ4v) is 2.59. The van der Waals surface area contributed by atoms with Crippen molar-refractivity contribution in [2.24, 2.45) is 0 Å². The summed E-state index contributed by atoms with van der Waals surface area (Å²) >= 11 is 1.63. The van der Waals surface area contributed by atoms with Crippen LogP contribution in [0.3, 0.4) is 0 Å². The summed E-state index contributed by atoms with van der Waals surface area (Å²) in [6.07, 6.45) is 0. The molecule has 0 bridgehead atoms. The van der Waals surface area contributed by atoms with Crippen molar-refractivity contribution in [3.63, 3.8) is 0 Å². The average Bonchev–Trinajstić information content (AvgIpc) is 2.33. The summed E-state index contributed by atoms with van der Waals surface area (Å²) in [5, 5.41) is 0. The molecule has 2 aromatic rings. The average molecular weight is 247 g/mol. The molecule has 0 saturated heterocycles. The lowest BCUT2D eigenvalue weighted by Crippen LogP contribution is -1.95. The Morgan fingerprint density at radius 2 is 1.88 bits per heavy atom. The van der Waals surface area contributed by atoms with Crippen LogP contribution in [0.5, 0.6) is 0 Å². The summed E-state index contributed by atoms with van der Waals surface area (Å²) in [5.41, 5.74) is 7.61. The molecular formula is C14H14FNS. The standard InChI is InChI=1S/C14H14FNS/c1-10-5-2-3-8-13(10)17-9-11-6-4-7-12(16)14(11)15/h2-8H,9,16H2,1H3. The zero-order valence-electron chi connectivity index (χ0n) is 9.61. The lowest BCUT2D eigenvalue weighted by Gasteiger charge is -2.07. The van der Waals surface area contributed by atoms with Gasteiger partial charge in [-0.1, -0.05) is 30.3 Å². The molecule has 0 fully saturated rings. The van der Waals surface area contributed by atoms with Gasteiger partial charge < -0.3 is 5.73 Å². The van der Waals surface area contributed by atoms with Crippen LogP contribution < -0.4 is 5.73 Å². The van der Waals surface area contributed by atoms with Crippen LogP contribution >= 0.6 is 11.8 Å². The second-order valence-corrected chi connectivity index (χ2v) is 4.89. The van der Waals surface area contributed by atoms with Crippen LogP contribution in [0.1, 0.15) is 11.1 Å². The van der Waals surface area contributed by atoms with Crippen molar-refractivity contribution in [2.45, 2.75) is 17.6 Å². The van der Waals surface area contributed by atoms with Gasteiger partial charge in [-0.25, -0.2) is 4.39 Å². The van der Waals surface area contributed by atoms with Gasteiger partial charge in [-0.05, 0) is 24.6 Å². The Kier molecular flexibility index (Phi) is 3.69. The molecule has 0 aliphatic heterocycles. The maximum atomic E-state index is 13.7. The molecule has 0 heterocycles. The lowest BCUT2D eigenvalue weighted by molar-refractivity contribution is 0.622. The van der Waals surface area contributed by atoms with Crippen molar-refractivity contribution >= 4 is 17.4 Å². The van der Waals surface area contributed by atoms with Crippen molar-refractivity contribution in [3.8, 4) is 0 Å².